The average molecular weight is 394 g/mol. The molecule has 2 aliphatic heterocycles. The third-order valence-electron chi connectivity index (χ3n) is 3.94. The van der Waals surface area contributed by atoms with Gasteiger partial charge in [-0.3, -0.25) is 0 Å². The molecule has 2 fully saturated rings. The van der Waals surface area contributed by atoms with Gasteiger partial charge in [0.25, 0.3) is 0 Å². The van der Waals surface area contributed by atoms with Crippen molar-refractivity contribution >= 4 is 26.0 Å². The molecule has 1 aromatic carbocycles. The first-order chi connectivity index (χ1) is 10.5. The van der Waals surface area contributed by atoms with Crippen LogP contribution in [-0.2, 0) is 19.5 Å². The van der Waals surface area contributed by atoms with Crippen LogP contribution in [0.25, 0.3) is 0 Å². The molecule has 22 heavy (non-hydrogen) atoms. The lowest BCUT2D eigenvalue weighted by Crippen LogP contribution is -2.50. The molecule has 0 radical (unpaired) electrons. The molecule has 5 nitrogen and oxygen atoms in total. The van der Waals surface area contributed by atoms with Crippen molar-refractivity contribution < 1.29 is 22.3 Å². The van der Waals surface area contributed by atoms with Crippen molar-refractivity contribution in [3.05, 3.63) is 28.5 Å². The topological polar surface area (TPSA) is 55.8 Å². The van der Waals surface area contributed by atoms with Gasteiger partial charge in [0, 0.05) is 11.0 Å². The predicted molar refractivity (Wildman–Crippen MR) is 81.3 cm³/mol. The fourth-order valence-electron chi connectivity index (χ4n) is 2.90. The number of ether oxygens (including phenoxy) is 2. The van der Waals surface area contributed by atoms with Crippen molar-refractivity contribution in [2.45, 2.75) is 36.5 Å². The molecule has 1 atom stereocenters. The Labute approximate surface area is 137 Å². The predicted octanol–water partition coefficient (Wildman–Crippen LogP) is 2.50. The summed E-state index contributed by atoms with van der Waals surface area (Å²) in [5, 5.41) is 0. The number of rotatable bonds is 3. The minimum atomic E-state index is -3.93. The van der Waals surface area contributed by atoms with E-state index in [4.69, 9.17) is 9.47 Å². The second-order valence-electron chi connectivity index (χ2n) is 5.36. The van der Waals surface area contributed by atoms with E-state index < -0.39 is 28.2 Å². The van der Waals surface area contributed by atoms with Crippen LogP contribution in [0, 0.1) is 5.82 Å². The maximum atomic E-state index is 14.0. The minimum absolute atomic E-state index is 0.313. The van der Waals surface area contributed by atoms with E-state index in [9.17, 15) is 12.8 Å². The number of piperidine rings is 1. The second kappa shape index (κ2) is 6.52. The molecule has 1 unspecified atom stereocenters. The van der Waals surface area contributed by atoms with E-state index in [1.165, 1.54) is 16.4 Å². The Balaban J connectivity index is 1.96. The number of sulfonamides is 1. The summed E-state index contributed by atoms with van der Waals surface area (Å²) in [7, 11) is -3.93. The Morgan fingerprint density at radius 2 is 1.95 bits per heavy atom. The van der Waals surface area contributed by atoms with E-state index in [0.29, 0.717) is 30.7 Å². The van der Waals surface area contributed by atoms with Crippen LogP contribution in [0.2, 0.25) is 0 Å². The summed E-state index contributed by atoms with van der Waals surface area (Å²) in [4.78, 5) is -0.313. The van der Waals surface area contributed by atoms with Crippen molar-refractivity contribution in [1.82, 2.24) is 4.31 Å². The third kappa shape index (κ3) is 3.07. The highest BCUT2D eigenvalue weighted by Gasteiger charge is 2.41. The van der Waals surface area contributed by atoms with Gasteiger partial charge in [0.05, 0.1) is 19.3 Å². The van der Waals surface area contributed by atoms with Crippen molar-refractivity contribution in [3.63, 3.8) is 0 Å². The molecule has 122 valence electrons. The highest BCUT2D eigenvalue weighted by molar-refractivity contribution is 9.10. The van der Waals surface area contributed by atoms with E-state index in [2.05, 4.69) is 15.9 Å². The third-order valence-corrected chi connectivity index (χ3v) is 6.37. The molecule has 2 saturated heterocycles. The number of nitrogens with zero attached hydrogens (tertiary/aromatic N) is 1. The Bertz CT molecular complexity index is 648. The normalized spacial score (nSPS) is 24.7. The van der Waals surface area contributed by atoms with Crippen molar-refractivity contribution in [2.24, 2.45) is 0 Å². The van der Waals surface area contributed by atoms with Crippen LogP contribution in [-0.4, -0.2) is 44.8 Å². The smallest absolute Gasteiger partial charge is 0.246 e. The van der Waals surface area contributed by atoms with E-state index in [-0.39, 0.29) is 4.90 Å². The molecule has 0 spiro atoms. The summed E-state index contributed by atoms with van der Waals surface area (Å²) >= 11 is 3.20. The molecule has 8 heteroatoms. The Morgan fingerprint density at radius 3 is 2.68 bits per heavy atom. The molecule has 1 aromatic rings. The standard InChI is InChI=1S/C14H17BrFNO4S/c15-10-4-5-11(16)13(9-10)22(18,19)17-6-2-1-3-12(17)14-20-7-8-21-14/h4-5,9,12,14H,1-3,6-8H2. The van der Waals surface area contributed by atoms with Gasteiger partial charge in [-0.2, -0.15) is 4.31 Å². The molecular formula is C14H17BrFNO4S. The summed E-state index contributed by atoms with van der Waals surface area (Å²) in [6, 6.07) is 3.52. The van der Waals surface area contributed by atoms with Gasteiger partial charge in [0.1, 0.15) is 10.7 Å². The molecule has 0 aromatic heterocycles. The van der Waals surface area contributed by atoms with Crippen LogP contribution in [0.5, 0.6) is 0 Å². The number of benzene rings is 1. The van der Waals surface area contributed by atoms with Crippen LogP contribution in [0.15, 0.2) is 27.6 Å². The Morgan fingerprint density at radius 1 is 1.23 bits per heavy atom. The van der Waals surface area contributed by atoms with Crippen LogP contribution in [0.1, 0.15) is 19.3 Å². The van der Waals surface area contributed by atoms with Gasteiger partial charge in [-0.15, -0.1) is 0 Å². The maximum Gasteiger partial charge on any atom is 0.246 e. The number of halogens is 2. The first-order valence-electron chi connectivity index (χ1n) is 7.20. The molecule has 0 amide bonds. The summed E-state index contributed by atoms with van der Waals surface area (Å²) in [6.45, 7) is 1.27. The highest BCUT2D eigenvalue weighted by Crippen LogP contribution is 2.31. The van der Waals surface area contributed by atoms with Gasteiger partial charge < -0.3 is 9.47 Å². The lowest BCUT2D eigenvalue weighted by molar-refractivity contribution is -0.0913. The summed E-state index contributed by atoms with van der Waals surface area (Å²) in [5.74, 6) is -0.749. The molecule has 2 heterocycles. The lowest BCUT2D eigenvalue weighted by Gasteiger charge is -2.36. The molecule has 0 aliphatic carbocycles. The van der Waals surface area contributed by atoms with Crippen LogP contribution in [0.3, 0.4) is 0 Å². The first kappa shape index (κ1) is 16.3. The summed E-state index contributed by atoms with van der Waals surface area (Å²) < 4.78 is 52.6. The van der Waals surface area contributed by atoms with Gasteiger partial charge in [-0.25, -0.2) is 12.8 Å². The zero-order valence-electron chi connectivity index (χ0n) is 11.9. The zero-order chi connectivity index (χ0) is 15.7. The van der Waals surface area contributed by atoms with Gasteiger partial charge in [-0.1, -0.05) is 22.4 Å². The van der Waals surface area contributed by atoms with Gasteiger partial charge >= 0.3 is 0 Å². The summed E-state index contributed by atoms with van der Waals surface area (Å²) in [5.41, 5.74) is 0. The minimum Gasteiger partial charge on any atom is -0.349 e. The first-order valence-corrected chi connectivity index (χ1v) is 9.43. The monoisotopic (exact) mass is 393 g/mol. The van der Waals surface area contributed by atoms with E-state index >= 15 is 0 Å². The Kier molecular flexibility index (Phi) is 4.84. The molecule has 0 N–H and O–H groups in total. The fraction of sp³-hybridized carbons (Fsp3) is 0.571. The quantitative estimate of drug-likeness (QED) is 0.791. The summed E-state index contributed by atoms with van der Waals surface area (Å²) in [6.07, 6.45) is 1.74. The molecule has 2 aliphatic rings. The maximum absolute atomic E-state index is 14.0. The highest BCUT2D eigenvalue weighted by atomic mass is 79.9. The average Bonchev–Trinajstić information content (AvgIpc) is 3.04. The van der Waals surface area contributed by atoms with Crippen LogP contribution >= 0.6 is 15.9 Å². The van der Waals surface area contributed by atoms with Crippen LogP contribution < -0.4 is 0 Å². The van der Waals surface area contributed by atoms with Crippen molar-refractivity contribution in [1.29, 1.82) is 0 Å². The second-order valence-corrected chi connectivity index (χ2v) is 8.14. The van der Waals surface area contributed by atoms with Gasteiger partial charge in [0.15, 0.2) is 6.29 Å². The van der Waals surface area contributed by atoms with Gasteiger partial charge in [0.2, 0.25) is 10.0 Å². The van der Waals surface area contributed by atoms with Crippen molar-refractivity contribution in [3.8, 4) is 0 Å². The molecular weight excluding hydrogens is 377 g/mol. The van der Waals surface area contributed by atoms with E-state index in [0.717, 1.165) is 18.9 Å². The lowest BCUT2D eigenvalue weighted by atomic mass is 10.0. The van der Waals surface area contributed by atoms with Gasteiger partial charge in [-0.05, 0) is 31.0 Å². The van der Waals surface area contributed by atoms with Crippen molar-refractivity contribution in [2.75, 3.05) is 19.8 Å². The molecule has 0 saturated carbocycles. The zero-order valence-corrected chi connectivity index (χ0v) is 14.3. The SMILES string of the molecule is O=S(=O)(c1cc(Br)ccc1F)N1CCCCC1C1OCCO1. The van der Waals surface area contributed by atoms with E-state index in [1.54, 1.807) is 0 Å². The fourth-order valence-corrected chi connectivity index (χ4v) is 5.19. The van der Waals surface area contributed by atoms with E-state index in [1.807, 2.05) is 0 Å². The largest absolute Gasteiger partial charge is 0.349 e. The Hall–Kier alpha value is -0.540. The molecule has 0 bridgehead atoms. The molecule has 3 rings (SSSR count). The number of hydrogen-bond acceptors (Lipinski definition) is 4. The number of hydrogen-bond donors (Lipinski definition) is 0. The van der Waals surface area contributed by atoms with Crippen LogP contribution in [0.4, 0.5) is 4.39 Å².